The molecule has 0 unspecified atom stereocenters. The number of nitrogens with one attached hydrogen (secondary N) is 1. The van der Waals surface area contributed by atoms with Gasteiger partial charge in [-0.3, -0.25) is 9.08 Å². The van der Waals surface area contributed by atoms with Crippen molar-refractivity contribution in [1.82, 2.24) is 29.1 Å². The highest BCUT2D eigenvalue weighted by atomic mass is 19.1. The second-order valence-corrected chi connectivity index (χ2v) is 7.28. The number of halogens is 1. The number of aryl methyl sites for hydroxylation is 1. The first-order chi connectivity index (χ1) is 15.6. The van der Waals surface area contributed by atoms with Gasteiger partial charge >= 0.3 is 0 Å². The molecule has 8 nitrogen and oxygen atoms in total. The predicted molar refractivity (Wildman–Crippen MR) is 119 cm³/mol. The third-order valence-corrected chi connectivity index (χ3v) is 5.20. The van der Waals surface area contributed by atoms with Gasteiger partial charge in [0, 0.05) is 37.6 Å². The van der Waals surface area contributed by atoms with Crippen molar-refractivity contribution in [2.75, 3.05) is 12.4 Å². The fourth-order valence-electron chi connectivity index (χ4n) is 3.51. The largest absolute Gasteiger partial charge is 0.497 e. The molecule has 5 rings (SSSR count). The van der Waals surface area contributed by atoms with Crippen molar-refractivity contribution in [3.05, 3.63) is 78.9 Å². The Balaban J connectivity index is 1.36. The number of methoxy groups -OCH3 is 1. The van der Waals surface area contributed by atoms with E-state index in [9.17, 15) is 0 Å². The Morgan fingerprint density at radius 1 is 1.03 bits per heavy atom. The van der Waals surface area contributed by atoms with E-state index < -0.39 is 5.82 Å². The molecule has 0 saturated carbocycles. The van der Waals surface area contributed by atoms with Crippen LogP contribution in [0.2, 0.25) is 0 Å². The van der Waals surface area contributed by atoms with Crippen LogP contribution >= 0.6 is 0 Å². The quantitative estimate of drug-likeness (QED) is 0.440. The summed E-state index contributed by atoms with van der Waals surface area (Å²) in [6, 6.07) is 11.6. The van der Waals surface area contributed by atoms with E-state index in [4.69, 9.17) is 4.74 Å². The highest BCUT2D eigenvalue weighted by molar-refractivity contribution is 5.65. The second-order valence-electron chi connectivity index (χ2n) is 7.28. The van der Waals surface area contributed by atoms with Crippen LogP contribution in [-0.2, 0) is 13.6 Å². The van der Waals surface area contributed by atoms with Crippen LogP contribution in [0, 0.1) is 5.82 Å². The van der Waals surface area contributed by atoms with E-state index in [-0.39, 0.29) is 11.5 Å². The number of aromatic nitrogens is 6. The van der Waals surface area contributed by atoms with Gasteiger partial charge in [0.05, 0.1) is 25.2 Å². The maximum Gasteiger partial charge on any atom is 0.193 e. The minimum Gasteiger partial charge on any atom is -0.497 e. The van der Waals surface area contributed by atoms with Gasteiger partial charge in [-0.05, 0) is 17.2 Å². The Labute approximate surface area is 183 Å². The number of hydrogen-bond donors (Lipinski definition) is 1. The lowest BCUT2D eigenvalue weighted by Gasteiger charge is -2.10. The summed E-state index contributed by atoms with van der Waals surface area (Å²) in [6.07, 6.45) is 8.48. The molecule has 0 fully saturated rings. The number of hydrogen-bond acceptors (Lipinski definition) is 6. The zero-order valence-corrected chi connectivity index (χ0v) is 17.5. The smallest absolute Gasteiger partial charge is 0.193 e. The number of pyridine rings is 1. The highest BCUT2D eigenvalue weighted by Gasteiger charge is 2.17. The van der Waals surface area contributed by atoms with Gasteiger partial charge in [0.2, 0.25) is 0 Å². The minimum absolute atomic E-state index is 0.134. The Bertz CT molecular complexity index is 1390. The van der Waals surface area contributed by atoms with Crippen molar-refractivity contribution in [2.45, 2.75) is 6.54 Å². The molecule has 0 aliphatic rings. The first kappa shape index (κ1) is 19.7. The summed E-state index contributed by atoms with van der Waals surface area (Å²) in [5.74, 6) is 0.279. The van der Waals surface area contributed by atoms with Gasteiger partial charge in [-0.1, -0.05) is 24.3 Å². The topological polar surface area (TPSA) is 82.2 Å². The summed E-state index contributed by atoms with van der Waals surface area (Å²) in [5, 5.41) is 7.26. The first-order valence-electron chi connectivity index (χ1n) is 9.96. The maximum atomic E-state index is 15.2. The Morgan fingerprint density at radius 2 is 1.88 bits per heavy atom. The van der Waals surface area contributed by atoms with Gasteiger partial charge in [0.1, 0.15) is 23.4 Å². The van der Waals surface area contributed by atoms with Crippen molar-refractivity contribution < 1.29 is 9.13 Å². The van der Waals surface area contributed by atoms with E-state index in [1.54, 1.807) is 40.7 Å². The normalized spacial score (nSPS) is 11.1. The van der Waals surface area contributed by atoms with E-state index in [1.807, 2.05) is 43.7 Å². The van der Waals surface area contributed by atoms with Crippen LogP contribution in [0.3, 0.4) is 0 Å². The molecule has 0 saturated heterocycles. The number of nitrogens with zero attached hydrogens (tertiary/aromatic N) is 6. The van der Waals surface area contributed by atoms with E-state index in [2.05, 4.69) is 25.4 Å². The summed E-state index contributed by atoms with van der Waals surface area (Å²) in [4.78, 5) is 12.6. The van der Waals surface area contributed by atoms with Gasteiger partial charge in [-0.2, -0.15) is 5.10 Å². The number of ether oxygens (including phenoxy) is 1. The highest BCUT2D eigenvalue weighted by Crippen LogP contribution is 2.26. The fourth-order valence-corrected chi connectivity index (χ4v) is 3.51. The third kappa shape index (κ3) is 3.64. The molecule has 1 N–H and O–H groups in total. The number of anilines is 1. The van der Waals surface area contributed by atoms with Crippen LogP contribution in [-0.4, -0.2) is 36.2 Å². The summed E-state index contributed by atoms with van der Waals surface area (Å²) in [6.45, 7) is 0.422. The third-order valence-electron chi connectivity index (χ3n) is 5.20. The number of benzene rings is 1. The molecule has 0 amide bonds. The first-order valence-corrected chi connectivity index (χ1v) is 9.96. The number of rotatable bonds is 6. The molecule has 9 heteroatoms. The lowest BCUT2D eigenvalue weighted by Crippen LogP contribution is -2.06. The Morgan fingerprint density at radius 3 is 2.62 bits per heavy atom. The molecule has 4 aromatic heterocycles. The summed E-state index contributed by atoms with van der Waals surface area (Å²) in [5.41, 5.74) is 4.46. The molecule has 0 atom stereocenters. The molecule has 0 spiro atoms. The SMILES string of the molecule is COc1ccn2c(-c3ncnc(NCc4ccc(-c5cnn(C)c5)cc4)c3F)cnc2c1. The molecule has 0 aliphatic carbocycles. The Hall–Kier alpha value is -4.27. The second kappa shape index (κ2) is 8.10. The summed E-state index contributed by atoms with van der Waals surface area (Å²) >= 11 is 0. The summed E-state index contributed by atoms with van der Waals surface area (Å²) < 4.78 is 24.0. The standard InChI is InChI=1S/C23H20FN7O/c1-30-13-17(11-29-30)16-5-3-15(4-6-16)10-26-23-21(24)22(27-14-28-23)19-12-25-20-9-18(32-2)7-8-31(19)20/h3-9,11-14H,10H2,1-2H3,(H,26,27,28). The van der Waals surface area contributed by atoms with Crippen LogP contribution < -0.4 is 10.1 Å². The molecular formula is C23H20FN7O. The van der Waals surface area contributed by atoms with E-state index in [0.29, 0.717) is 23.6 Å². The molecular weight excluding hydrogens is 409 g/mol. The van der Waals surface area contributed by atoms with Crippen molar-refractivity contribution in [2.24, 2.45) is 7.05 Å². The van der Waals surface area contributed by atoms with Crippen LogP contribution in [0.4, 0.5) is 10.2 Å². The lowest BCUT2D eigenvalue weighted by atomic mass is 10.1. The van der Waals surface area contributed by atoms with Crippen LogP contribution in [0.25, 0.3) is 28.2 Å². The van der Waals surface area contributed by atoms with Crippen LogP contribution in [0.1, 0.15) is 5.56 Å². The lowest BCUT2D eigenvalue weighted by molar-refractivity contribution is 0.414. The molecule has 0 radical (unpaired) electrons. The molecule has 0 aliphatic heterocycles. The van der Waals surface area contributed by atoms with E-state index in [1.165, 1.54) is 6.33 Å². The van der Waals surface area contributed by atoms with Crippen molar-refractivity contribution >= 4 is 11.5 Å². The molecule has 32 heavy (non-hydrogen) atoms. The zero-order chi connectivity index (χ0) is 22.1. The van der Waals surface area contributed by atoms with E-state index in [0.717, 1.165) is 16.7 Å². The van der Waals surface area contributed by atoms with Crippen molar-refractivity contribution in [1.29, 1.82) is 0 Å². The molecule has 160 valence electrons. The molecule has 1 aromatic carbocycles. The average molecular weight is 429 g/mol. The average Bonchev–Trinajstić information content (AvgIpc) is 3.44. The van der Waals surface area contributed by atoms with Crippen molar-refractivity contribution in [3.63, 3.8) is 0 Å². The van der Waals surface area contributed by atoms with Gasteiger partial charge < -0.3 is 10.1 Å². The summed E-state index contributed by atoms with van der Waals surface area (Å²) in [7, 11) is 3.47. The minimum atomic E-state index is -0.530. The maximum absolute atomic E-state index is 15.2. The Kier molecular flexibility index (Phi) is 4.98. The number of fused-ring (bicyclic) bond motifs is 1. The van der Waals surface area contributed by atoms with Crippen molar-refractivity contribution in [3.8, 4) is 28.3 Å². The van der Waals surface area contributed by atoms with Crippen LogP contribution in [0.15, 0.2) is 67.5 Å². The number of imidazole rings is 1. The van der Waals surface area contributed by atoms with Gasteiger partial charge in [0.15, 0.2) is 11.6 Å². The van der Waals surface area contributed by atoms with Gasteiger partial charge in [0.25, 0.3) is 0 Å². The van der Waals surface area contributed by atoms with Gasteiger partial charge in [-0.25, -0.2) is 19.3 Å². The monoisotopic (exact) mass is 429 g/mol. The van der Waals surface area contributed by atoms with Crippen LogP contribution in [0.5, 0.6) is 5.75 Å². The van der Waals surface area contributed by atoms with Gasteiger partial charge in [-0.15, -0.1) is 0 Å². The molecule has 0 bridgehead atoms. The molecule has 5 aromatic rings. The predicted octanol–water partition coefficient (Wildman–Crippen LogP) is 3.95. The fraction of sp³-hybridized carbons (Fsp3) is 0.130. The molecule has 4 heterocycles. The van der Waals surface area contributed by atoms with E-state index >= 15 is 4.39 Å². The zero-order valence-electron chi connectivity index (χ0n) is 17.5.